The minimum Gasteiger partial charge on any atom is -0.476 e. The third-order valence-electron chi connectivity index (χ3n) is 3.46. The van der Waals surface area contributed by atoms with E-state index in [2.05, 4.69) is 5.10 Å². The van der Waals surface area contributed by atoms with Gasteiger partial charge >= 0.3 is 5.97 Å². The number of carboxylic acid groups (broad SMARTS) is 1. The highest BCUT2D eigenvalue weighted by Crippen LogP contribution is 2.29. The molecule has 1 N–H and O–H groups in total. The fourth-order valence-corrected chi connectivity index (χ4v) is 2.81. The van der Waals surface area contributed by atoms with Crippen molar-refractivity contribution >= 4 is 17.6 Å². The molecule has 0 atom stereocenters. The molecular formula is C14H13ClN2O2. The van der Waals surface area contributed by atoms with Crippen molar-refractivity contribution in [1.82, 2.24) is 9.78 Å². The molecule has 1 aliphatic rings. The maximum atomic E-state index is 11.3. The second kappa shape index (κ2) is 4.70. The number of rotatable bonds is 2. The van der Waals surface area contributed by atoms with Gasteiger partial charge in [0.1, 0.15) is 0 Å². The van der Waals surface area contributed by atoms with Crippen LogP contribution in [0.1, 0.15) is 34.6 Å². The van der Waals surface area contributed by atoms with Crippen molar-refractivity contribution < 1.29 is 9.90 Å². The Balaban J connectivity index is 2.22. The minimum absolute atomic E-state index is 0.162. The fourth-order valence-electron chi connectivity index (χ4n) is 2.59. The average molecular weight is 277 g/mol. The summed E-state index contributed by atoms with van der Waals surface area (Å²) in [6.45, 7) is 0. The molecular weight excluding hydrogens is 264 g/mol. The first-order chi connectivity index (χ1) is 9.18. The predicted octanol–water partition coefficient (Wildman–Crippen LogP) is 3.10. The van der Waals surface area contributed by atoms with Crippen LogP contribution in [0.4, 0.5) is 0 Å². The number of aromatic nitrogens is 2. The zero-order valence-electron chi connectivity index (χ0n) is 10.3. The minimum atomic E-state index is -0.969. The van der Waals surface area contributed by atoms with Crippen molar-refractivity contribution in [2.75, 3.05) is 0 Å². The first kappa shape index (κ1) is 12.2. The van der Waals surface area contributed by atoms with Gasteiger partial charge in [0.15, 0.2) is 5.69 Å². The van der Waals surface area contributed by atoms with Gasteiger partial charge in [-0.1, -0.05) is 23.7 Å². The van der Waals surface area contributed by atoms with Gasteiger partial charge in [0.2, 0.25) is 0 Å². The normalized spacial score (nSPS) is 14.2. The largest absolute Gasteiger partial charge is 0.476 e. The number of halogens is 1. The summed E-state index contributed by atoms with van der Waals surface area (Å²) in [6.07, 6.45) is 3.70. The quantitative estimate of drug-likeness (QED) is 0.917. The highest BCUT2D eigenvalue weighted by molar-refractivity contribution is 6.32. The molecule has 0 aliphatic heterocycles. The summed E-state index contributed by atoms with van der Waals surface area (Å²) in [4.78, 5) is 11.3. The second-order valence-electron chi connectivity index (χ2n) is 4.65. The Kier molecular flexibility index (Phi) is 3.03. The molecule has 0 saturated heterocycles. The van der Waals surface area contributed by atoms with Crippen molar-refractivity contribution in [3.8, 4) is 5.69 Å². The Bertz CT molecular complexity index is 649. The number of benzene rings is 1. The van der Waals surface area contributed by atoms with E-state index in [9.17, 15) is 9.90 Å². The molecule has 0 bridgehead atoms. The summed E-state index contributed by atoms with van der Waals surface area (Å²) in [5.41, 5.74) is 2.75. The third kappa shape index (κ3) is 2.02. The molecule has 5 heteroatoms. The van der Waals surface area contributed by atoms with Crippen molar-refractivity contribution in [2.24, 2.45) is 0 Å². The zero-order chi connectivity index (χ0) is 13.4. The van der Waals surface area contributed by atoms with Crippen LogP contribution in [0.5, 0.6) is 0 Å². The summed E-state index contributed by atoms with van der Waals surface area (Å²) in [5.74, 6) is -0.969. The van der Waals surface area contributed by atoms with Gasteiger partial charge in [-0.25, -0.2) is 9.48 Å². The van der Waals surface area contributed by atoms with Gasteiger partial charge in [-0.2, -0.15) is 5.10 Å². The highest BCUT2D eigenvalue weighted by atomic mass is 35.5. The number of carboxylic acids is 1. The van der Waals surface area contributed by atoms with E-state index >= 15 is 0 Å². The molecule has 0 fully saturated rings. The number of hydrogen-bond donors (Lipinski definition) is 1. The van der Waals surface area contributed by atoms with E-state index in [0.29, 0.717) is 5.02 Å². The van der Waals surface area contributed by atoms with E-state index in [1.54, 1.807) is 10.7 Å². The van der Waals surface area contributed by atoms with Crippen LogP contribution < -0.4 is 0 Å². The number of nitrogens with zero attached hydrogens (tertiary/aromatic N) is 2. The summed E-state index contributed by atoms with van der Waals surface area (Å²) < 4.78 is 1.69. The summed E-state index contributed by atoms with van der Waals surface area (Å²) >= 11 is 6.18. The van der Waals surface area contributed by atoms with Gasteiger partial charge in [-0.3, -0.25) is 0 Å². The first-order valence-electron chi connectivity index (χ1n) is 6.27. The summed E-state index contributed by atoms with van der Waals surface area (Å²) in [6, 6.07) is 7.36. The van der Waals surface area contributed by atoms with Gasteiger partial charge in [0.05, 0.1) is 10.7 Å². The summed E-state index contributed by atoms with van der Waals surface area (Å²) in [5, 5.41) is 14.1. The third-order valence-corrected chi connectivity index (χ3v) is 3.78. The van der Waals surface area contributed by atoms with Gasteiger partial charge in [-0.05, 0) is 37.8 Å². The highest BCUT2D eigenvalue weighted by Gasteiger charge is 2.25. The van der Waals surface area contributed by atoms with E-state index in [0.717, 1.165) is 42.6 Å². The van der Waals surface area contributed by atoms with Crippen LogP contribution in [0, 0.1) is 0 Å². The molecule has 0 radical (unpaired) electrons. The maximum absolute atomic E-state index is 11.3. The van der Waals surface area contributed by atoms with E-state index in [1.807, 2.05) is 18.2 Å². The van der Waals surface area contributed by atoms with Crippen molar-refractivity contribution in [3.05, 3.63) is 46.2 Å². The molecule has 0 saturated carbocycles. The van der Waals surface area contributed by atoms with Gasteiger partial charge < -0.3 is 5.11 Å². The lowest BCUT2D eigenvalue weighted by atomic mass is 9.95. The van der Waals surface area contributed by atoms with Crippen LogP contribution in [0.3, 0.4) is 0 Å². The van der Waals surface area contributed by atoms with E-state index in [4.69, 9.17) is 11.6 Å². The molecule has 1 aromatic heterocycles. The average Bonchev–Trinajstić information content (AvgIpc) is 2.79. The Morgan fingerprint density at radius 3 is 2.74 bits per heavy atom. The van der Waals surface area contributed by atoms with Gasteiger partial charge in [-0.15, -0.1) is 0 Å². The van der Waals surface area contributed by atoms with Crippen LogP contribution >= 0.6 is 11.6 Å². The number of hydrogen-bond acceptors (Lipinski definition) is 2. The Morgan fingerprint density at radius 2 is 2.00 bits per heavy atom. The second-order valence-corrected chi connectivity index (χ2v) is 5.06. The van der Waals surface area contributed by atoms with E-state index < -0.39 is 5.97 Å². The lowest BCUT2D eigenvalue weighted by molar-refractivity contribution is 0.0688. The topological polar surface area (TPSA) is 55.1 Å². The molecule has 19 heavy (non-hydrogen) atoms. The number of carbonyl (C=O) groups is 1. The fraction of sp³-hybridized carbons (Fsp3) is 0.286. The Morgan fingerprint density at radius 1 is 1.26 bits per heavy atom. The molecule has 0 unspecified atom stereocenters. The molecule has 0 amide bonds. The van der Waals surface area contributed by atoms with Crippen LogP contribution in [0.15, 0.2) is 24.3 Å². The molecule has 3 rings (SSSR count). The summed E-state index contributed by atoms with van der Waals surface area (Å²) in [7, 11) is 0. The van der Waals surface area contributed by atoms with Crippen LogP contribution in [-0.2, 0) is 12.8 Å². The van der Waals surface area contributed by atoms with Crippen LogP contribution in [0.25, 0.3) is 5.69 Å². The number of aromatic carboxylic acids is 1. The lowest BCUT2D eigenvalue weighted by Gasteiger charge is -2.14. The van der Waals surface area contributed by atoms with Crippen LogP contribution in [0.2, 0.25) is 5.02 Å². The van der Waals surface area contributed by atoms with Crippen molar-refractivity contribution in [2.45, 2.75) is 25.7 Å². The van der Waals surface area contributed by atoms with Crippen molar-refractivity contribution in [3.63, 3.8) is 0 Å². The molecule has 98 valence electrons. The smallest absolute Gasteiger partial charge is 0.356 e. The van der Waals surface area contributed by atoms with Crippen LogP contribution in [-0.4, -0.2) is 20.9 Å². The predicted molar refractivity (Wildman–Crippen MR) is 72.2 cm³/mol. The van der Waals surface area contributed by atoms with E-state index in [-0.39, 0.29) is 5.69 Å². The maximum Gasteiger partial charge on any atom is 0.356 e. The zero-order valence-corrected chi connectivity index (χ0v) is 11.0. The standard InChI is InChI=1S/C14H13ClN2O2/c15-10-6-2-4-8-12(10)17-11-7-3-1-5-9(11)13(16-17)14(18)19/h2,4,6,8H,1,3,5,7H2,(H,18,19). The van der Waals surface area contributed by atoms with Gasteiger partial charge in [0, 0.05) is 11.3 Å². The number of fused-ring (bicyclic) bond motifs is 1. The molecule has 1 aromatic carbocycles. The Labute approximate surface area is 115 Å². The molecule has 1 heterocycles. The van der Waals surface area contributed by atoms with Gasteiger partial charge in [0.25, 0.3) is 0 Å². The van der Waals surface area contributed by atoms with Crippen molar-refractivity contribution in [1.29, 1.82) is 0 Å². The number of para-hydroxylation sites is 1. The molecule has 2 aromatic rings. The lowest BCUT2D eigenvalue weighted by Crippen LogP contribution is -2.08. The molecule has 0 spiro atoms. The Hall–Kier alpha value is -1.81. The first-order valence-corrected chi connectivity index (χ1v) is 6.65. The monoisotopic (exact) mass is 276 g/mol. The molecule has 4 nitrogen and oxygen atoms in total. The van der Waals surface area contributed by atoms with E-state index in [1.165, 1.54) is 0 Å². The SMILES string of the molecule is O=C(O)c1nn(-c2ccccc2Cl)c2c1CCCC2. The molecule has 1 aliphatic carbocycles.